The van der Waals surface area contributed by atoms with Crippen molar-refractivity contribution in [3.8, 4) is 0 Å². The molecular formula is C15H23NO3S. The molecule has 0 amide bonds. The van der Waals surface area contributed by atoms with Gasteiger partial charge in [0.1, 0.15) is 0 Å². The zero-order chi connectivity index (χ0) is 14.9. The molecule has 0 aromatic heterocycles. The Morgan fingerprint density at radius 2 is 2.00 bits per heavy atom. The van der Waals surface area contributed by atoms with Gasteiger partial charge in [-0.1, -0.05) is 32.0 Å². The molecule has 1 atom stereocenters. The third-order valence-corrected chi connectivity index (χ3v) is 5.77. The molecule has 20 heavy (non-hydrogen) atoms. The van der Waals surface area contributed by atoms with E-state index in [0.29, 0.717) is 13.1 Å². The van der Waals surface area contributed by atoms with Crippen LogP contribution in [0.2, 0.25) is 0 Å². The van der Waals surface area contributed by atoms with Crippen molar-refractivity contribution in [2.45, 2.75) is 39.8 Å². The van der Waals surface area contributed by atoms with Gasteiger partial charge in [-0.2, -0.15) is 4.31 Å². The van der Waals surface area contributed by atoms with Crippen LogP contribution in [-0.2, 0) is 23.0 Å². The minimum atomic E-state index is -3.14. The lowest BCUT2D eigenvalue weighted by Crippen LogP contribution is -2.37. The molecule has 4 nitrogen and oxygen atoms in total. The van der Waals surface area contributed by atoms with E-state index in [0.717, 1.165) is 17.5 Å². The zero-order valence-electron chi connectivity index (χ0n) is 12.3. The second-order valence-electron chi connectivity index (χ2n) is 5.70. The third-order valence-electron chi connectivity index (χ3n) is 3.94. The maximum Gasteiger partial charge on any atom is 0.214 e. The van der Waals surface area contributed by atoms with Crippen LogP contribution in [-0.4, -0.2) is 30.1 Å². The van der Waals surface area contributed by atoms with Gasteiger partial charge in [0.05, 0.1) is 11.9 Å². The summed E-state index contributed by atoms with van der Waals surface area (Å²) in [6.45, 7) is 6.58. The van der Waals surface area contributed by atoms with E-state index in [1.165, 1.54) is 5.56 Å². The molecule has 1 heterocycles. The fourth-order valence-electron chi connectivity index (χ4n) is 2.54. The maximum atomic E-state index is 12.0. The van der Waals surface area contributed by atoms with Gasteiger partial charge >= 0.3 is 0 Å². The lowest BCUT2D eigenvalue weighted by molar-refractivity contribution is 0.126. The molecule has 0 saturated heterocycles. The number of hydrogen-bond donors (Lipinski definition) is 1. The van der Waals surface area contributed by atoms with Crippen molar-refractivity contribution in [2.75, 3.05) is 12.3 Å². The normalized spacial score (nSPS) is 18.1. The summed E-state index contributed by atoms with van der Waals surface area (Å²) in [5.41, 5.74) is 3.08. The topological polar surface area (TPSA) is 57.6 Å². The van der Waals surface area contributed by atoms with Crippen LogP contribution in [0.25, 0.3) is 0 Å². The SMILES string of the molecule is CCS(=O)(=O)N1CCc2ccc(C(O)C(C)C)cc2C1. The smallest absolute Gasteiger partial charge is 0.214 e. The second-order valence-corrected chi connectivity index (χ2v) is 7.96. The van der Waals surface area contributed by atoms with Crippen LogP contribution >= 0.6 is 0 Å². The number of benzene rings is 1. The molecule has 0 bridgehead atoms. The van der Waals surface area contributed by atoms with Crippen molar-refractivity contribution < 1.29 is 13.5 Å². The van der Waals surface area contributed by atoms with E-state index in [-0.39, 0.29) is 11.7 Å². The Hall–Kier alpha value is -0.910. The van der Waals surface area contributed by atoms with Crippen molar-refractivity contribution in [3.63, 3.8) is 0 Å². The Kier molecular flexibility index (Phi) is 4.52. The van der Waals surface area contributed by atoms with Gasteiger partial charge in [0.15, 0.2) is 0 Å². The molecule has 1 unspecified atom stereocenters. The predicted octanol–water partition coefficient (Wildman–Crippen LogP) is 2.08. The average molecular weight is 297 g/mol. The van der Waals surface area contributed by atoms with Crippen LogP contribution in [0.4, 0.5) is 0 Å². The zero-order valence-corrected chi connectivity index (χ0v) is 13.2. The van der Waals surface area contributed by atoms with Crippen molar-refractivity contribution in [3.05, 3.63) is 34.9 Å². The first-order valence-electron chi connectivity index (χ1n) is 7.12. The fourth-order valence-corrected chi connectivity index (χ4v) is 3.61. The second kappa shape index (κ2) is 5.84. The van der Waals surface area contributed by atoms with E-state index < -0.39 is 16.1 Å². The van der Waals surface area contributed by atoms with Crippen LogP contribution in [0.15, 0.2) is 18.2 Å². The van der Waals surface area contributed by atoms with Crippen LogP contribution in [0.3, 0.4) is 0 Å². The highest BCUT2D eigenvalue weighted by Crippen LogP contribution is 2.27. The Bertz CT molecular complexity index is 581. The highest BCUT2D eigenvalue weighted by molar-refractivity contribution is 7.89. The predicted molar refractivity (Wildman–Crippen MR) is 79.8 cm³/mol. The molecule has 0 spiro atoms. The Morgan fingerprint density at radius 3 is 2.60 bits per heavy atom. The first kappa shape index (κ1) is 15.5. The van der Waals surface area contributed by atoms with Crippen molar-refractivity contribution in [2.24, 2.45) is 5.92 Å². The number of rotatable bonds is 4. The van der Waals surface area contributed by atoms with E-state index in [1.54, 1.807) is 11.2 Å². The molecule has 1 aliphatic heterocycles. The number of aliphatic hydroxyl groups excluding tert-OH is 1. The molecule has 0 saturated carbocycles. The van der Waals surface area contributed by atoms with Gasteiger partial charge in [0, 0.05) is 13.1 Å². The number of nitrogens with zero attached hydrogens (tertiary/aromatic N) is 1. The van der Waals surface area contributed by atoms with Gasteiger partial charge in [-0.05, 0) is 36.0 Å². The van der Waals surface area contributed by atoms with Crippen LogP contribution in [0.1, 0.15) is 43.6 Å². The van der Waals surface area contributed by atoms with Crippen LogP contribution < -0.4 is 0 Å². The molecule has 1 aliphatic rings. The maximum absolute atomic E-state index is 12.0. The Labute approximate surface area is 121 Å². The van der Waals surface area contributed by atoms with Gasteiger partial charge in [-0.3, -0.25) is 0 Å². The summed E-state index contributed by atoms with van der Waals surface area (Å²) in [6.07, 6.45) is 0.241. The summed E-state index contributed by atoms with van der Waals surface area (Å²) >= 11 is 0. The summed E-state index contributed by atoms with van der Waals surface area (Å²) in [4.78, 5) is 0. The number of aliphatic hydroxyl groups is 1. The highest BCUT2D eigenvalue weighted by Gasteiger charge is 2.26. The Balaban J connectivity index is 2.29. The molecule has 5 heteroatoms. The Morgan fingerprint density at radius 1 is 1.30 bits per heavy atom. The van der Waals surface area contributed by atoms with Gasteiger partial charge in [-0.15, -0.1) is 0 Å². The fraction of sp³-hybridized carbons (Fsp3) is 0.600. The van der Waals surface area contributed by atoms with Gasteiger partial charge in [0.2, 0.25) is 10.0 Å². The molecule has 0 radical (unpaired) electrons. The summed E-state index contributed by atoms with van der Waals surface area (Å²) in [7, 11) is -3.14. The molecule has 0 aliphatic carbocycles. The van der Waals surface area contributed by atoms with Gasteiger partial charge in [0.25, 0.3) is 0 Å². The molecule has 0 fully saturated rings. The summed E-state index contributed by atoms with van der Waals surface area (Å²) < 4.78 is 25.5. The lowest BCUT2D eigenvalue weighted by atomic mass is 9.93. The lowest BCUT2D eigenvalue weighted by Gasteiger charge is -2.28. The van der Waals surface area contributed by atoms with Gasteiger partial charge < -0.3 is 5.11 Å². The van der Waals surface area contributed by atoms with E-state index in [1.807, 2.05) is 32.0 Å². The van der Waals surface area contributed by atoms with Crippen molar-refractivity contribution in [1.82, 2.24) is 4.31 Å². The summed E-state index contributed by atoms with van der Waals surface area (Å²) in [5, 5.41) is 10.1. The summed E-state index contributed by atoms with van der Waals surface area (Å²) in [6, 6.07) is 5.93. The first-order chi connectivity index (χ1) is 9.35. The number of fused-ring (bicyclic) bond motifs is 1. The van der Waals surface area contributed by atoms with Crippen LogP contribution in [0.5, 0.6) is 0 Å². The van der Waals surface area contributed by atoms with E-state index >= 15 is 0 Å². The third kappa shape index (κ3) is 3.05. The standard InChI is InChI=1S/C15H23NO3S/c1-4-20(18,19)16-8-7-12-5-6-13(9-14(12)10-16)15(17)11(2)3/h5-6,9,11,15,17H,4,7-8,10H2,1-3H3. The molecule has 112 valence electrons. The van der Waals surface area contributed by atoms with E-state index in [9.17, 15) is 13.5 Å². The quantitative estimate of drug-likeness (QED) is 0.925. The first-order valence-corrected chi connectivity index (χ1v) is 8.73. The monoisotopic (exact) mass is 297 g/mol. The molecule has 2 rings (SSSR count). The number of sulfonamides is 1. The highest BCUT2D eigenvalue weighted by atomic mass is 32.2. The average Bonchev–Trinajstić information content (AvgIpc) is 2.45. The van der Waals surface area contributed by atoms with Crippen molar-refractivity contribution >= 4 is 10.0 Å². The molecular weight excluding hydrogens is 274 g/mol. The molecule has 1 aromatic carbocycles. The number of hydrogen-bond acceptors (Lipinski definition) is 3. The van der Waals surface area contributed by atoms with Gasteiger partial charge in [-0.25, -0.2) is 8.42 Å². The van der Waals surface area contributed by atoms with E-state index in [4.69, 9.17) is 0 Å². The van der Waals surface area contributed by atoms with Crippen molar-refractivity contribution in [1.29, 1.82) is 0 Å². The minimum Gasteiger partial charge on any atom is -0.388 e. The largest absolute Gasteiger partial charge is 0.388 e. The molecule has 1 N–H and O–H groups in total. The minimum absolute atomic E-state index is 0.136. The van der Waals surface area contributed by atoms with Crippen LogP contribution in [0, 0.1) is 5.92 Å². The summed E-state index contributed by atoms with van der Waals surface area (Å²) in [5.74, 6) is 0.281. The molecule has 1 aromatic rings. The van der Waals surface area contributed by atoms with E-state index in [2.05, 4.69) is 0 Å².